The second-order valence-corrected chi connectivity index (χ2v) is 6.08. The van der Waals surface area contributed by atoms with Crippen LogP contribution in [0, 0.1) is 5.92 Å². The molecule has 0 radical (unpaired) electrons. The Hall–Kier alpha value is -2.58. The Morgan fingerprint density at radius 2 is 2.16 bits per heavy atom. The quantitative estimate of drug-likeness (QED) is 0.593. The van der Waals surface area contributed by atoms with Gasteiger partial charge in [0.1, 0.15) is 12.5 Å². The number of carbonyl (C=O) groups excluding carboxylic acids is 2. The van der Waals surface area contributed by atoms with E-state index in [2.05, 4.69) is 9.47 Å². The molecule has 25 heavy (non-hydrogen) atoms. The predicted molar refractivity (Wildman–Crippen MR) is 79.4 cm³/mol. The first-order valence-corrected chi connectivity index (χ1v) is 7.89. The fourth-order valence-corrected chi connectivity index (χ4v) is 3.33. The standard InChI is InChI=1S/C16H15F2NO6/c1-3-22-15(21)9-5-19-7(2)6-23-14-11(19)8(12(9)20)4-10-13(14)25-16(17,18)24-10/h4,7,9H,3,5-6H2,1-2H3. The molecule has 0 saturated carbocycles. The van der Waals surface area contributed by atoms with Gasteiger partial charge in [-0.2, -0.15) is 0 Å². The van der Waals surface area contributed by atoms with Crippen molar-refractivity contribution in [3.63, 3.8) is 0 Å². The van der Waals surface area contributed by atoms with Gasteiger partial charge in [0.25, 0.3) is 0 Å². The van der Waals surface area contributed by atoms with Gasteiger partial charge in [-0.25, -0.2) is 0 Å². The number of esters is 1. The number of ether oxygens (including phenoxy) is 4. The number of rotatable bonds is 2. The van der Waals surface area contributed by atoms with Crippen LogP contribution < -0.4 is 19.1 Å². The Balaban J connectivity index is 1.86. The molecular weight excluding hydrogens is 340 g/mol. The van der Waals surface area contributed by atoms with Crippen molar-refractivity contribution >= 4 is 17.4 Å². The van der Waals surface area contributed by atoms with E-state index in [4.69, 9.17) is 9.47 Å². The number of nitrogens with zero attached hydrogens (tertiary/aromatic N) is 1. The van der Waals surface area contributed by atoms with Gasteiger partial charge < -0.3 is 23.8 Å². The molecule has 0 bridgehead atoms. The van der Waals surface area contributed by atoms with Crippen LogP contribution in [0.3, 0.4) is 0 Å². The van der Waals surface area contributed by atoms with Gasteiger partial charge in [0.15, 0.2) is 17.3 Å². The minimum Gasteiger partial charge on any atom is -0.485 e. The van der Waals surface area contributed by atoms with Gasteiger partial charge in [-0.3, -0.25) is 9.59 Å². The third kappa shape index (κ3) is 2.29. The van der Waals surface area contributed by atoms with Gasteiger partial charge in [0.2, 0.25) is 5.75 Å². The Morgan fingerprint density at radius 1 is 1.40 bits per heavy atom. The highest BCUT2D eigenvalue weighted by molar-refractivity contribution is 6.15. The molecule has 7 nitrogen and oxygen atoms in total. The number of anilines is 1. The Kier molecular flexibility index (Phi) is 3.32. The molecule has 1 aromatic rings. The summed E-state index contributed by atoms with van der Waals surface area (Å²) in [5, 5.41) is 0. The highest BCUT2D eigenvalue weighted by atomic mass is 19.3. The maximum Gasteiger partial charge on any atom is 0.586 e. The highest BCUT2D eigenvalue weighted by Crippen LogP contribution is 2.56. The minimum atomic E-state index is -3.83. The van der Waals surface area contributed by atoms with E-state index >= 15 is 0 Å². The van der Waals surface area contributed by atoms with Crippen molar-refractivity contribution in [3.8, 4) is 17.2 Å². The Labute approximate surface area is 141 Å². The number of fused-ring (bicyclic) bond motifs is 2. The average molecular weight is 355 g/mol. The summed E-state index contributed by atoms with van der Waals surface area (Å²) in [5.74, 6) is -2.65. The number of alkyl halides is 2. The molecule has 3 heterocycles. The zero-order valence-electron chi connectivity index (χ0n) is 13.5. The molecule has 3 aliphatic rings. The Morgan fingerprint density at radius 3 is 2.88 bits per heavy atom. The summed E-state index contributed by atoms with van der Waals surface area (Å²) in [6.45, 7) is 3.94. The van der Waals surface area contributed by atoms with Crippen LogP contribution in [0.15, 0.2) is 6.07 Å². The molecule has 0 spiro atoms. The largest absolute Gasteiger partial charge is 0.586 e. The molecule has 0 aliphatic carbocycles. The fraction of sp³-hybridized carbons (Fsp3) is 0.500. The molecule has 2 unspecified atom stereocenters. The van der Waals surface area contributed by atoms with Crippen LogP contribution in [-0.2, 0) is 9.53 Å². The van der Waals surface area contributed by atoms with Crippen LogP contribution >= 0.6 is 0 Å². The molecule has 0 amide bonds. The SMILES string of the molecule is CCOC(=O)C1CN2c3c(cc4c(c3OCC2C)OC(F)(F)O4)C1=O. The molecular formula is C16H15F2NO6. The highest BCUT2D eigenvalue weighted by Gasteiger charge is 2.50. The molecule has 2 atom stereocenters. The summed E-state index contributed by atoms with van der Waals surface area (Å²) < 4.78 is 46.5. The maximum atomic E-state index is 13.5. The first kappa shape index (κ1) is 15.9. The van der Waals surface area contributed by atoms with Gasteiger partial charge in [-0.1, -0.05) is 0 Å². The van der Waals surface area contributed by atoms with Gasteiger partial charge >= 0.3 is 12.3 Å². The summed E-state index contributed by atoms with van der Waals surface area (Å²) in [4.78, 5) is 26.7. The smallest absolute Gasteiger partial charge is 0.485 e. The summed E-state index contributed by atoms with van der Waals surface area (Å²) in [6, 6.07) is 1.02. The number of ketones is 1. The second-order valence-electron chi connectivity index (χ2n) is 6.08. The monoisotopic (exact) mass is 355 g/mol. The van der Waals surface area contributed by atoms with E-state index < -0.39 is 24.0 Å². The lowest BCUT2D eigenvalue weighted by Crippen LogP contribution is -2.51. The van der Waals surface area contributed by atoms with Crippen LogP contribution in [0.4, 0.5) is 14.5 Å². The predicted octanol–water partition coefficient (Wildman–Crippen LogP) is 1.97. The van der Waals surface area contributed by atoms with Gasteiger partial charge in [-0.15, -0.1) is 8.78 Å². The van der Waals surface area contributed by atoms with Crippen molar-refractivity contribution in [3.05, 3.63) is 11.6 Å². The third-order valence-corrected chi connectivity index (χ3v) is 4.45. The molecule has 0 fully saturated rings. The second kappa shape index (κ2) is 5.21. The van der Waals surface area contributed by atoms with Gasteiger partial charge in [0.05, 0.1) is 18.3 Å². The maximum absolute atomic E-state index is 13.5. The van der Waals surface area contributed by atoms with E-state index in [0.29, 0.717) is 5.69 Å². The zero-order chi connectivity index (χ0) is 17.9. The van der Waals surface area contributed by atoms with Crippen molar-refractivity contribution in [1.29, 1.82) is 0 Å². The van der Waals surface area contributed by atoms with E-state index in [1.165, 1.54) is 6.07 Å². The van der Waals surface area contributed by atoms with Gasteiger partial charge in [-0.05, 0) is 19.9 Å². The molecule has 0 saturated heterocycles. The first-order chi connectivity index (χ1) is 11.8. The van der Waals surface area contributed by atoms with E-state index in [0.717, 1.165) is 0 Å². The van der Waals surface area contributed by atoms with Crippen LogP contribution in [-0.4, -0.2) is 43.8 Å². The van der Waals surface area contributed by atoms with Crippen molar-refractivity contribution < 1.29 is 37.3 Å². The number of halogens is 2. The molecule has 3 aliphatic heterocycles. The summed E-state index contributed by atoms with van der Waals surface area (Å²) in [6.07, 6.45) is -3.83. The van der Waals surface area contributed by atoms with Crippen LogP contribution in [0.5, 0.6) is 17.2 Å². The number of carbonyl (C=O) groups is 2. The van der Waals surface area contributed by atoms with Gasteiger partial charge in [0, 0.05) is 12.1 Å². The number of hydrogen-bond donors (Lipinski definition) is 0. The van der Waals surface area contributed by atoms with Crippen molar-refractivity contribution in [1.82, 2.24) is 0 Å². The van der Waals surface area contributed by atoms with E-state index in [1.807, 2.05) is 6.92 Å². The van der Waals surface area contributed by atoms with Crippen molar-refractivity contribution in [2.75, 3.05) is 24.7 Å². The Bertz CT molecular complexity index is 780. The summed E-state index contributed by atoms with van der Waals surface area (Å²) >= 11 is 0. The van der Waals surface area contributed by atoms with Crippen LogP contribution in [0.2, 0.25) is 0 Å². The molecule has 9 heteroatoms. The van der Waals surface area contributed by atoms with Crippen LogP contribution in [0.1, 0.15) is 24.2 Å². The van der Waals surface area contributed by atoms with Crippen LogP contribution in [0.25, 0.3) is 0 Å². The first-order valence-electron chi connectivity index (χ1n) is 7.89. The lowest BCUT2D eigenvalue weighted by molar-refractivity contribution is -0.287. The van der Waals surface area contributed by atoms with Crippen molar-refractivity contribution in [2.45, 2.75) is 26.2 Å². The molecule has 0 N–H and O–H groups in total. The average Bonchev–Trinajstić information content (AvgIpc) is 2.86. The lowest BCUT2D eigenvalue weighted by Gasteiger charge is -2.42. The van der Waals surface area contributed by atoms with Crippen molar-refractivity contribution in [2.24, 2.45) is 5.92 Å². The zero-order valence-corrected chi connectivity index (χ0v) is 13.5. The topological polar surface area (TPSA) is 74.3 Å². The fourth-order valence-electron chi connectivity index (χ4n) is 3.33. The molecule has 134 valence electrons. The number of hydrogen-bond acceptors (Lipinski definition) is 7. The minimum absolute atomic E-state index is 0.0402. The van der Waals surface area contributed by atoms with E-state index in [9.17, 15) is 18.4 Å². The summed E-state index contributed by atoms with van der Waals surface area (Å²) in [7, 11) is 0. The molecule has 0 aromatic heterocycles. The lowest BCUT2D eigenvalue weighted by atomic mass is 9.88. The van der Waals surface area contributed by atoms with E-state index in [-0.39, 0.29) is 48.6 Å². The van der Waals surface area contributed by atoms with E-state index in [1.54, 1.807) is 11.8 Å². The third-order valence-electron chi connectivity index (χ3n) is 4.45. The number of benzene rings is 1. The normalized spacial score (nSPS) is 25.3. The summed E-state index contributed by atoms with van der Waals surface area (Å²) in [5.41, 5.74) is 0.440. The number of Topliss-reactive ketones (excluding diaryl/α,β-unsaturated/α-hetero) is 1. The molecule has 1 aromatic carbocycles. The molecule has 4 rings (SSSR count).